The standard InChI is InChI=1S/C12H22N2O3S/c13-8-11-4-2-1-3-6-14(11)12(15)10-5-7-18(16,17)9-10/h10-11H,1-9,13H2. The van der Waals surface area contributed by atoms with Gasteiger partial charge in [-0.05, 0) is 19.3 Å². The Labute approximate surface area is 109 Å². The van der Waals surface area contributed by atoms with Crippen LogP contribution in [0.5, 0.6) is 0 Å². The van der Waals surface area contributed by atoms with Gasteiger partial charge in [-0.1, -0.05) is 12.8 Å². The highest BCUT2D eigenvalue weighted by atomic mass is 32.2. The number of hydrogen-bond acceptors (Lipinski definition) is 4. The van der Waals surface area contributed by atoms with Crippen LogP contribution >= 0.6 is 0 Å². The summed E-state index contributed by atoms with van der Waals surface area (Å²) in [4.78, 5) is 14.3. The van der Waals surface area contributed by atoms with E-state index in [-0.39, 0.29) is 29.4 Å². The highest BCUT2D eigenvalue weighted by molar-refractivity contribution is 7.91. The molecule has 1 amide bonds. The van der Waals surface area contributed by atoms with Gasteiger partial charge in [0.1, 0.15) is 0 Å². The maximum Gasteiger partial charge on any atom is 0.227 e. The molecule has 2 aliphatic rings. The largest absolute Gasteiger partial charge is 0.338 e. The zero-order valence-corrected chi connectivity index (χ0v) is 11.5. The van der Waals surface area contributed by atoms with Crippen molar-refractivity contribution in [2.45, 2.75) is 38.1 Å². The van der Waals surface area contributed by atoms with Crippen molar-refractivity contribution in [1.82, 2.24) is 4.90 Å². The quantitative estimate of drug-likeness (QED) is 0.777. The third kappa shape index (κ3) is 3.03. The summed E-state index contributed by atoms with van der Waals surface area (Å²) in [7, 11) is -2.99. The van der Waals surface area contributed by atoms with Crippen LogP contribution in [-0.2, 0) is 14.6 Å². The molecular weight excluding hydrogens is 252 g/mol. The number of rotatable bonds is 2. The lowest BCUT2D eigenvalue weighted by Gasteiger charge is -2.31. The number of sulfone groups is 1. The van der Waals surface area contributed by atoms with Gasteiger partial charge < -0.3 is 10.6 Å². The van der Waals surface area contributed by atoms with Gasteiger partial charge in [-0.2, -0.15) is 0 Å². The normalized spacial score (nSPS) is 32.2. The summed E-state index contributed by atoms with van der Waals surface area (Å²) < 4.78 is 22.9. The lowest BCUT2D eigenvalue weighted by molar-refractivity contribution is -0.136. The van der Waals surface area contributed by atoms with E-state index in [1.807, 2.05) is 4.90 Å². The predicted molar refractivity (Wildman–Crippen MR) is 69.8 cm³/mol. The smallest absolute Gasteiger partial charge is 0.227 e. The number of nitrogens with zero attached hydrogens (tertiary/aromatic N) is 1. The molecule has 0 radical (unpaired) electrons. The van der Waals surface area contributed by atoms with Crippen molar-refractivity contribution in [3.63, 3.8) is 0 Å². The van der Waals surface area contributed by atoms with Crippen LogP contribution < -0.4 is 5.73 Å². The summed E-state index contributed by atoms with van der Waals surface area (Å²) in [5, 5.41) is 0. The topological polar surface area (TPSA) is 80.5 Å². The molecule has 0 aromatic carbocycles. The molecule has 0 bridgehead atoms. The summed E-state index contributed by atoms with van der Waals surface area (Å²) in [5.74, 6) is -0.139. The van der Waals surface area contributed by atoms with Crippen LogP contribution in [0.15, 0.2) is 0 Å². The zero-order chi connectivity index (χ0) is 13.2. The minimum absolute atomic E-state index is 0.00780. The van der Waals surface area contributed by atoms with Gasteiger partial charge in [-0.15, -0.1) is 0 Å². The van der Waals surface area contributed by atoms with Crippen molar-refractivity contribution in [2.75, 3.05) is 24.6 Å². The first-order valence-corrected chi connectivity index (χ1v) is 8.56. The second-order valence-electron chi connectivity index (χ2n) is 5.37. The Morgan fingerprint density at radius 2 is 2.00 bits per heavy atom. The van der Waals surface area contributed by atoms with Crippen LogP contribution in [0.1, 0.15) is 32.1 Å². The van der Waals surface area contributed by atoms with Gasteiger partial charge in [0.15, 0.2) is 9.84 Å². The van der Waals surface area contributed by atoms with Gasteiger partial charge in [-0.25, -0.2) is 8.42 Å². The van der Waals surface area contributed by atoms with E-state index in [0.717, 1.165) is 32.2 Å². The Bertz CT molecular complexity index is 408. The van der Waals surface area contributed by atoms with Gasteiger partial charge >= 0.3 is 0 Å². The lowest BCUT2D eigenvalue weighted by Crippen LogP contribution is -2.47. The number of carbonyl (C=O) groups is 1. The molecule has 2 saturated heterocycles. The van der Waals surface area contributed by atoms with E-state index in [1.165, 1.54) is 0 Å². The fourth-order valence-electron chi connectivity index (χ4n) is 2.94. The summed E-state index contributed by atoms with van der Waals surface area (Å²) in [5.41, 5.74) is 5.74. The Morgan fingerprint density at radius 3 is 2.61 bits per heavy atom. The van der Waals surface area contributed by atoms with Crippen LogP contribution in [0.3, 0.4) is 0 Å². The molecule has 104 valence electrons. The van der Waals surface area contributed by atoms with E-state index >= 15 is 0 Å². The summed E-state index contributed by atoms with van der Waals surface area (Å²) in [6, 6.07) is 0.100. The monoisotopic (exact) mass is 274 g/mol. The second-order valence-corrected chi connectivity index (χ2v) is 7.60. The van der Waals surface area contributed by atoms with E-state index < -0.39 is 9.84 Å². The molecule has 18 heavy (non-hydrogen) atoms. The first kappa shape index (κ1) is 13.8. The average Bonchev–Trinajstić information content (AvgIpc) is 2.57. The van der Waals surface area contributed by atoms with Gasteiger partial charge in [0.05, 0.1) is 17.4 Å². The Morgan fingerprint density at radius 1 is 1.22 bits per heavy atom. The van der Waals surface area contributed by atoms with Gasteiger partial charge in [0.2, 0.25) is 5.91 Å². The first-order valence-electron chi connectivity index (χ1n) is 6.74. The van der Waals surface area contributed by atoms with Crippen LogP contribution in [0.2, 0.25) is 0 Å². The van der Waals surface area contributed by atoms with E-state index in [0.29, 0.717) is 13.0 Å². The number of likely N-dealkylation sites (tertiary alicyclic amines) is 1. The molecule has 0 aromatic heterocycles. The van der Waals surface area contributed by atoms with Crippen LogP contribution in [0.4, 0.5) is 0 Å². The molecule has 2 atom stereocenters. The molecule has 6 heteroatoms. The lowest BCUT2D eigenvalue weighted by atomic mass is 10.0. The van der Waals surface area contributed by atoms with Crippen LogP contribution in [0.25, 0.3) is 0 Å². The predicted octanol–water partition coefficient (Wildman–Crippen LogP) is 0.151. The number of hydrogen-bond donors (Lipinski definition) is 1. The minimum atomic E-state index is -2.99. The number of carbonyl (C=O) groups excluding carboxylic acids is 1. The van der Waals surface area contributed by atoms with E-state index in [1.54, 1.807) is 0 Å². The molecule has 2 rings (SSSR count). The fourth-order valence-corrected chi connectivity index (χ4v) is 4.67. The van der Waals surface area contributed by atoms with Crippen molar-refractivity contribution >= 4 is 15.7 Å². The van der Waals surface area contributed by atoms with E-state index in [4.69, 9.17) is 5.73 Å². The van der Waals surface area contributed by atoms with Crippen LogP contribution in [-0.4, -0.2) is 49.9 Å². The molecule has 5 nitrogen and oxygen atoms in total. The van der Waals surface area contributed by atoms with Crippen LogP contribution in [0, 0.1) is 5.92 Å². The number of nitrogens with two attached hydrogens (primary N) is 1. The molecule has 2 aliphatic heterocycles. The molecule has 0 aromatic rings. The summed E-state index contributed by atoms with van der Waals surface area (Å²) in [6.07, 6.45) is 4.66. The third-order valence-corrected chi connectivity index (χ3v) is 5.78. The molecule has 2 unspecified atom stereocenters. The van der Waals surface area contributed by atoms with Crippen molar-refractivity contribution in [1.29, 1.82) is 0 Å². The summed E-state index contributed by atoms with van der Waals surface area (Å²) >= 11 is 0. The SMILES string of the molecule is NCC1CCCCCN1C(=O)C1CCS(=O)(=O)C1. The van der Waals surface area contributed by atoms with Crippen molar-refractivity contribution < 1.29 is 13.2 Å². The molecule has 2 fully saturated rings. The van der Waals surface area contributed by atoms with Gasteiger partial charge in [0.25, 0.3) is 0 Å². The van der Waals surface area contributed by atoms with Gasteiger partial charge in [0, 0.05) is 19.1 Å². The van der Waals surface area contributed by atoms with Gasteiger partial charge in [-0.3, -0.25) is 4.79 Å². The minimum Gasteiger partial charge on any atom is -0.338 e. The Balaban J connectivity index is 2.06. The molecular formula is C12H22N2O3S. The molecule has 0 spiro atoms. The number of amides is 1. The highest BCUT2D eigenvalue weighted by Gasteiger charge is 2.37. The van der Waals surface area contributed by atoms with E-state index in [9.17, 15) is 13.2 Å². The maximum absolute atomic E-state index is 12.4. The zero-order valence-electron chi connectivity index (χ0n) is 10.7. The highest BCUT2D eigenvalue weighted by Crippen LogP contribution is 2.24. The third-order valence-electron chi connectivity index (χ3n) is 4.01. The molecule has 2 N–H and O–H groups in total. The second kappa shape index (κ2) is 5.57. The summed E-state index contributed by atoms with van der Waals surface area (Å²) in [6.45, 7) is 1.21. The van der Waals surface area contributed by atoms with Crippen molar-refractivity contribution in [2.24, 2.45) is 11.7 Å². The Kier molecular flexibility index (Phi) is 4.27. The Hall–Kier alpha value is -0.620. The molecule has 0 saturated carbocycles. The molecule has 0 aliphatic carbocycles. The fraction of sp³-hybridized carbons (Fsp3) is 0.917. The van der Waals surface area contributed by atoms with E-state index in [2.05, 4.69) is 0 Å². The maximum atomic E-state index is 12.4. The molecule has 2 heterocycles. The average molecular weight is 274 g/mol. The van der Waals surface area contributed by atoms with Crippen molar-refractivity contribution in [3.8, 4) is 0 Å². The first-order chi connectivity index (χ1) is 8.53. The van der Waals surface area contributed by atoms with Crippen molar-refractivity contribution in [3.05, 3.63) is 0 Å².